The summed E-state index contributed by atoms with van der Waals surface area (Å²) in [5.41, 5.74) is -3.77. The molecule has 0 spiro atoms. The summed E-state index contributed by atoms with van der Waals surface area (Å²) in [5.74, 6) is -6.95. The van der Waals surface area contributed by atoms with Gasteiger partial charge in [0.1, 0.15) is 11.6 Å². The minimum atomic E-state index is -5.02. The predicted molar refractivity (Wildman–Crippen MR) is 143 cm³/mol. The van der Waals surface area contributed by atoms with Crippen molar-refractivity contribution < 1.29 is 35.5 Å². The van der Waals surface area contributed by atoms with Gasteiger partial charge in [0.25, 0.3) is 5.92 Å². The molecule has 0 heterocycles. The van der Waals surface area contributed by atoms with E-state index < -0.39 is 68.2 Å². The Kier molecular flexibility index (Phi) is 7.94. The fourth-order valence-corrected chi connectivity index (χ4v) is 4.52. The first-order valence-corrected chi connectivity index (χ1v) is 12.5. The van der Waals surface area contributed by atoms with Crippen LogP contribution < -0.4 is 5.43 Å². The Labute approximate surface area is 230 Å². The highest BCUT2D eigenvalue weighted by molar-refractivity contribution is 6.28. The molecule has 4 aromatic rings. The maximum atomic E-state index is 15.1. The largest absolute Gasteiger partial charge is 0.416 e. The normalized spacial score (nSPS) is 12.0. The molecule has 4 aromatic carbocycles. The maximum absolute atomic E-state index is 15.1. The Bertz CT molecular complexity index is 1700. The number of halogens is 7. The van der Waals surface area contributed by atoms with Gasteiger partial charge >= 0.3 is 6.18 Å². The number of alkyl halides is 5. The number of fused-ring (bicyclic) bond motifs is 1. The van der Waals surface area contributed by atoms with Crippen molar-refractivity contribution >= 4 is 22.1 Å². The molecule has 0 aliphatic heterocycles. The number of Topliss-reactive ketones (excluding diaryl/α,β-unsaturated/α-hetero) is 1. The Hall–Kier alpha value is -4.27. The number of carbonyl (C=O) groups excluding carboxylic acids is 1. The van der Waals surface area contributed by atoms with E-state index in [4.69, 9.17) is 0 Å². The number of hydrogen-bond acceptors (Lipinski definition) is 2. The van der Waals surface area contributed by atoms with Gasteiger partial charge in [0.05, 0.1) is 16.5 Å². The molecule has 0 fully saturated rings. The Morgan fingerprint density at radius 2 is 1.34 bits per heavy atom. The molecule has 0 aromatic heterocycles. The Morgan fingerprint density at radius 3 is 1.90 bits per heavy atom. The zero-order valence-electron chi connectivity index (χ0n) is 21.9. The lowest BCUT2D eigenvalue weighted by molar-refractivity contribution is -0.137. The molecule has 0 unspecified atom stereocenters. The van der Waals surface area contributed by atoms with E-state index in [-0.39, 0.29) is 23.4 Å². The second kappa shape index (κ2) is 11.0. The first kappa shape index (κ1) is 29.7. The molecular weight excluding hydrogens is 549 g/mol. The topological polar surface area (TPSA) is 34.1 Å². The van der Waals surface area contributed by atoms with E-state index in [1.54, 1.807) is 12.1 Å². The van der Waals surface area contributed by atoms with Crippen molar-refractivity contribution in [3.8, 4) is 0 Å². The standard InChI is InChI=1S/C32H23F7O2/c1-4-18-5-7-19(8-6-18)13-20-9-10-24(30(41)28-26(34)12-11-25(33)27(20)28)29(40)17(2)21-14-22(31(3,35)36)16-23(15-21)32(37,38)39/h5-12,14-16H,2,4,13H2,1,3H3. The van der Waals surface area contributed by atoms with Crippen molar-refractivity contribution in [2.75, 3.05) is 0 Å². The Morgan fingerprint density at radius 1 is 0.780 bits per heavy atom. The lowest BCUT2D eigenvalue weighted by atomic mass is 9.93. The lowest BCUT2D eigenvalue weighted by Crippen LogP contribution is -2.17. The van der Waals surface area contributed by atoms with E-state index in [2.05, 4.69) is 6.58 Å². The van der Waals surface area contributed by atoms with Crippen LogP contribution in [0.1, 0.15) is 57.6 Å². The van der Waals surface area contributed by atoms with Crippen molar-refractivity contribution in [1.82, 2.24) is 0 Å². The SMILES string of the molecule is C=C(C(=O)c1ccc(Cc2ccc(CC)cc2)c2c(F)ccc(F)c2c1=O)c1cc(C(C)(F)F)cc(C(F)(F)F)c1. The summed E-state index contributed by atoms with van der Waals surface area (Å²) >= 11 is 0. The zero-order valence-corrected chi connectivity index (χ0v) is 21.9. The number of hydrogen-bond donors (Lipinski definition) is 0. The fourth-order valence-electron chi connectivity index (χ4n) is 4.52. The van der Waals surface area contributed by atoms with E-state index in [0.29, 0.717) is 24.6 Å². The third kappa shape index (κ3) is 6.09. The van der Waals surface area contributed by atoms with E-state index in [9.17, 15) is 31.5 Å². The smallest absolute Gasteiger partial charge is 0.288 e. The minimum Gasteiger partial charge on any atom is -0.288 e. The third-order valence-electron chi connectivity index (χ3n) is 6.81. The number of allylic oxidation sites excluding steroid dienone is 1. The van der Waals surface area contributed by atoms with Crippen LogP contribution in [0.3, 0.4) is 0 Å². The molecule has 9 heteroatoms. The maximum Gasteiger partial charge on any atom is 0.416 e. The quantitative estimate of drug-likeness (QED) is 0.126. The zero-order chi connectivity index (χ0) is 30.3. The van der Waals surface area contributed by atoms with Crippen molar-refractivity contribution in [3.05, 3.63) is 134 Å². The molecule has 4 rings (SSSR count). The molecule has 0 amide bonds. The monoisotopic (exact) mass is 572 g/mol. The van der Waals surface area contributed by atoms with Gasteiger partial charge in [-0.15, -0.1) is 0 Å². The van der Waals surface area contributed by atoms with E-state index >= 15 is 8.78 Å². The van der Waals surface area contributed by atoms with Crippen LogP contribution in [0, 0.1) is 11.6 Å². The summed E-state index contributed by atoms with van der Waals surface area (Å²) in [4.78, 5) is 26.9. The van der Waals surface area contributed by atoms with Crippen molar-refractivity contribution in [1.29, 1.82) is 0 Å². The van der Waals surface area contributed by atoms with E-state index in [1.807, 2.05) is 19.1 Å². The van der Waals surface area contributed by atoms with Gasteiger partial charge in [-0.25, -0.2) is 17.6 Å². The summed E-state index contributed by atoms with van der Waals surface area (Å²) in [5, 5.41) is -1.08. The highest BCUT2D eigenvalue weighted by Crippen LogP contribution is 2.37. The average Bonchev–Trinajstić information content (AvgIpc) is 3.06. The van der Waals surface area contributed by atoms with Gasteiger partial charge in [0.15, 0.2) is 5.78 Å². The summed E-state index contributed by atoms with van der Waals surface area (Å²) < 4.78 is 98.6. The molecule has 0 N–H and O–H groups in total. The van der Waals surface area contributed by atoms with Gasteiger partial charge in [-0.05, 0) is 71.5 Å². The number of aryl methyl sites for hydroxylation is 1. The highest BCUT2D eigenvalue weighted by Gasteiger charge is 2.35. The third-order valence-corrected chi connectivity index (χ3v) is 6.81. The molecule has 0 aliphatic carbocycles. The van der Waals surface area contributed by atoms with E-state index in [1.165, 1.54) is 6.07 Å². The predicted octanol–water partition coefficient (Wildman–Crippen LogP) is 8.66. The number of rotatable bonds is 7. The van der Waals surface area contributed by atoms with Crippen LogP contribution in [0.2, 0.25) is 0 Å². The van der Waals surface area contributed by atoms with Gasteiger partial charge in [0.2, 0.25) is 5.43 Å². The average molecular weight is 573 g/mol. The summed E-state index contributed by atoms with van der Waals surface area (Å²) in [6.07, 6.45) is -4.18. The van der Waals surface area contributed by atoms with Crippen molar-refractivity contribution in [2.24, 2.45) is 0 Å². The van der Waals surface area contributed by atoms with E-state index in [0.717, 1.165) is 30.2 Å². The number of carbonyl (C=O) groups is 1. The number of ketones is 1. The molecule has 0 saturated carbocycles. The molecule has 212 valence electrons. The molecule has 2 nitrogen and oxygen atoms in total. The van der Waals surface area contributed by atoms with Crippen molar-refractivity contribution in [2.45, 2.75) is 38.8 Å². The molecule has 0 bridgehead atoms. The number of benzene rings is 3. The second-order valence-electron chi connectivity index (χ2n) is 9.72. The molecule has 0 radical (unpaired) electrons. The lowest BCUT2D eigenvalue weighted by Gasteiger charge is -2.17. The van der Waals surface area contributed by atoms with Gasteiger partial charge < -0.3 is 0 Å². The van der Waals surface area contributed by atoms with Crippen LogP contribution in [0.15, 0.2) is 78.1 Å². The first-order valence-electron chi connectivity index (χ1n) is 12.5. The van der Waals surface area contributed by atoms with Crippen LogP contribution in [0.25, 0.3) is 16.3 Å². The van der Waals surface area contributed by atoms with Crippen LogP contribution >= 0.6 is 0 Å². The van der Waals surface area contributed by atoms with Crippen LogP contribution in [0.4, 0.5) is 30.7 Å². The minimum absolute atomic E-state index is 0.0616. The fraction of sp³-hybridized carbons (Fsp3) is 0.188. The molecule has 0 atom stereocenters. The summed E-state index contributed by atoms with van der Waals surface area (Å²) in [6, 6.07) is 12.5. The highest BCUT2D eigenvalue weighted by atomic mass is 19.4. The summed E-state index contributed by atoms with van der Waals surface area (Å²) in [6.45, 7) is 5.83. The second-order valence-corrected chi connectivity index (χ2v) is 9.72. The van der Waals surface area contributed by atoms with Gasteiger partial charge in [-0.2, -0.15) is 13.2 Å². The van der Waals surface area contributed by atoms with Gasteiger partial charge in [-0.1, -0.05) is 43.8 Å². The van der Waals surface area contributed by atoms with Gasteiger partial charge in [0, 0.05) is 23.4 Å². The molecular formula is C32H23F7O2. The first-order chi connectivity index (χ1) is 19.1. The summed E-state index contributed by atoms with van der Waals surface area (Å²) in [7, 11) is 0. The molecule has 41 heavy (non-hydrogen) atoms. The van der Waals surface area contributed by atoms with Crippen LogP contribution in [0.5, 0.6) is 0 Å². The van der Waals surface area contributed by atoms with Crippen LogP contribution in [-0.2, 0) is 24.9 Å². The van der Waals surface area contributed by atoms with Gasteiger partial charge in [-0.3, -0.25) is 9.59 Å². The Balaban J connectivity index is 1.90. The van der Waals surface area contributed by atoms with Crippen LogP contribution in [-0.4, -0.2) is 5.78 Å². The molecule has 0 aliphatic rings. The molecule has 0 saturated heterocycles. The van der Waals surface area contributed by atoms with Crippen molar-refractivity contribution in [3.63, 3.8) is 0 Å².